The first-order chi connectivity index (χ1) is 13.1. The lowest BCUT2D eigenvalue weighted by molar-refractivity contribution is 0.115. The van der Waals surface area contributed by atoms with Crippen molar-refractivity contribution in [3.8, 4) is 11.3 Å². The van der Waals surface area contributed by atoms with Gasteiger partial charge in [0, 0.05) is 31.4 Å². The highest BCUT2D eigenvalue weighted by Gasteiger charge is 2.07. The summed E-state index contributed by atoms with van der Waals surface area (Å²) in [6, 6.07) is 24.2. The Hall–Kier alpha value is -2.57. The van der Waals surface area contributed by atoms with Crippen LogP contribution in [0, 0.1) is 6.92 Å². The second-order valence-electron chi connectivity index (χ2n) is 6.39. The summed E-state index contributed by atoms with van der Waals surface area (Å²) in [7, 11) is 0. The average Bonchev–Trinajstić information content (AvgIpc) is 2.70. The lowest BCUT2D eigenvalue weighted by atomic mass is 10.1. The summed E-state index contributed by atoms with van der Waals surface area (Å²) in [5, 5.41) is 11.0. The lowest BCUT2D eigenvalue weighted by Gasteiger charge is -2.19. The van der Waals surface area contributed by atoms with Gasteiger partial charge in [-0.05, 0) is 24.6 Å². The number of aliphatic hydroxyl groups excluding tert-OH is 1. The molecule has 0 radical (unpaired) electrons. The molecule has 0 aliphatic rings. The zero-order valence-corrected chi connectivity index (χ0v) is 15.7. The molecule has 0 amide bonds. The van der Waals surface area contributed by atoms with Crippen molar-refractivity contribution in [2.24, 2.45) is 11.6 Å². The van der Waals surface area contributed by atoms with Gasteiger partial charge in [0.2, 0.25) is 0 Å². The molecule has 142 valence electrons. The van der Waals surface area contributed by atoms with Crippen molar-refractivity contribution in [2.75, 3.05) is 13.1 Å². The van der Waals surface area contributed by atoms with Gasteiger partial charge in [0.15, 0.2) is 0 Å². The summed E-state index contributed by atoms with van der Waals surface area (Å²) >= 11 is 0. The van der Waals surface area contributed by atoms with Crippen molar-refractivity contribution in [2.45, 2.75) is 19.6 Å². The van der Waals surface area contributed by atoms with E-state index in [9.17, 15) is 5.11 Å². The van der Waals surface area contributed by atoms with E-state index in [2.05, 4.69) is 24.0 Å². The van der Waals surface area contributed by atoms with Gasteiger partial charge in [-0.25, -0.2) is 5.01 Å². The molecule has 0 aliphatic heterocycles. The minimum atomic E-state index is -0.590. The summed E-state index contributed by atoms with van der Waals surface area (Å²) < 4.78 is 0. The fourth-order valence-corrected chi connectivity index (χ4v) is 2.49. The number of nitrogens with zero attached hydrogens (tertiary/aromatic N) is 2. The van der Waals surface area contributed by atoms with E-state index in [-0.39, 0.29) is 6.54 Å². The minimum Gasteiger partial charge on any atom is -0.390 e. The molecule has 5 nitrogen and oxygen atoms in total. The van der Waals surface area contributed by atoms with Crippen LogP contribution in [0.1, 0.15) is 11.1 Å². The van der Waals surface area contributed by atoms with Gasteiger partial charge in [0.05, 0.1) is 11.8 Å². The smallest absolute Gasteiger partial charge is 0.0803 e. The molecule has 1 heterocycles. The molecule has 5 N–H and O–H groups in total. The highest BCUT2D eigenvalue weighted by molar-refractivity contribution is 5.58. The molecular weight excluding hydrogens is 336 g/mol. The third kappa shape index (κ3) is 7.68. The van der Waals surface area contributed by atoms with Gasteiger partial charge in [-0.3, -0.25) is 10.8 Å². The number of aliphatic hydroxyl groups is 1. The number of aromatic nitrogens is 1. The van der Waals surface area contributed by atoms with Crippen molar-refractivity contribution in [3.05, 3.63) is 90.1 Å². The van der Waals surface area contributed by atoms with Gasteiger partial charge in [-0.15, -0.1) is 0 Å². The second kappa shape index (κ2) is 11.2. The topological polar surface area (TPSA) is 88.4 Å². The molecule has 0 saturated heterocycles. The molecule has 0 fully saturated rings. The molecule has 1 aromatic heterocycles. The SMILES string of the molecule is Cc1ccccc1.NCC(O)CN(N)Cc1ccc(-c2ccccn2)cc1. The summed E-state index contributed by atoms with van der Waals surface area (Å²) in [5.41, 5.74) is 9.78. The average molecular weight is 364 g/mol. The second-order valence-corrected chi connectivity index (χ2v) is 6.39. The van der Waals surface area contributed by atoms with Gasteiger partial charge in [0.1, 0.15) is 0 Å². The van der Waals surface area contributed by atoms with Crippen LogP contribution >= 0.6 is 0 Å². The largest absolute Gasteiger partial charge is 0.390 e. The van der Waals surface area contributed by atoms with Crippen molar-refractivity contribution in [1.82, 2.24) is 9.99 Å². The van der Waals surface area contributed by atoms with E-state index >= 15 is 0 Å². The first kappa shape index (κ1) is 20.7. The van der Waals surface area contributed by atoms with Crippen molar-refractivity contribution < 1.29 is 5.11 Å². The maximum Gasteiger partial charge on any atom is 0.0803 e. The molecular formula is C22H28N4O. The number of aryl methyl sites for hydroxylation is 1. The van der Waals surface area contributed by atoms with Crippen LogP contribution in [0.2, 0.25) is 0 Å². The fourth-order valence-electron chi connectivity index (χ4n) is 2.49. The molecule has 2 aromatic carbocycles. The highest BCUT2D eigenvalue weighted by Crippen LogP contribution is 2.17. The normalized spacial score (nSPS) is 11.6. The first-order valence-electron chi connectivity index (χ1n) is 8.98. The molecule has 5 heteroatoms. The number of nitrogens with two attached hydrogens (primary N) is 2. The summed E-state index contributed by atoms with van der Waals surface area (Å²) in [6.07, 6.45) is 1.19. The van der Waals surface area contributed by atoms with Crippen molar-refractivity contribution in [1.29, 1.82) is 0 Å². The zero-order chi connectivity index (χ0) is 19.5. The van der Waals surface area contributed by atoms with E-state index in [0.29, 0.717) is 13.1 Å². The van der Waals surface area contributed by atoms with Gasteiger partial charge >= 0.3 is 0 Å². The fraction of sp³-hybridized carbons (Fsp3) is 0.227. The van der Waals surface area contributed by atoms with Gasteiger partial charge in [-0.2, -0.15) is 0 Å². The third-order valence-corrected chi connectivity index (χ3v) is 3.96. The Morgan fingerprint density at radius 1 is 0.963 bits per heavy atom. The molecule has 3 aromatic rings. The zero-order valence-electron chi connectivity index (χ0n) is 15.7. The maximum atomic E-state index is 9.44. The molecule has 0 spiro atoms. The van der Waals surface area contributed by atoms with Gasteiger partial charge in [-0.1, -0.05) is 66.2 Å². The number of rotatable bonds is 6. The predicted octanol–water partition coefficient (Wildman–Crippen LogP) is 2.74. The quantitative estimate of drug-likeness (QED) is 0.462. The highest BCUT2D eigenvalue weighted by atomic mass is 16.3. The van der Waals surface area contributed by atoms with Crippen LogP contribution < -0.4 is 11.6 Å². The Morgan fingerprint density at radius 2 is 1.63 bits per heavy atom. The molecule has 27 heavy (non-hydrogen) atoms. The Bertz CT molecular complexity index is 763. The van der Waals surface area contributed by atoms with Crippen LogP contribution in [-0.4, -0.2) is 34.3 Å². The van der Waals surface area contributed by atoms with Crippen LogP contribution in [0.5, 0.6) is 0 Å². The Balaban J connectivity index is 0.000000313. The van der Waals surface area contributed by atoms with E-state index in [1.807, 2.05) is 60.7 Å². The van der Waals surface area contributed by atoms with Crippen LogP contribution in [0.25, 0.3) is 11.3 Å². The Kier molecular flexibility index (Phi) is 8.61. The summed E-state index contributed by atoms with van der Waals surface area (Å²) in [4.78, 5) is 4.31. The molecule has 0 aliphatic carbocycles. The van der Waals surface area contributed by atoms with E-state index in [0.717, 1.165) is 16.8 Å². The van der Waals surface area contributed by atoms with Crippen LogP contribution in [0.4, 0.5) is 0 Å². The van der Waals surface area contributed by atoms with Gasteiger partial charge < -0.3 is 10.8 Å². The van der Waals surface area contributed by atoms with E-state index in [4.69, 9.17) is 11.6 Å². The summed E-state index contributed by atoms with van der Waals surface area (Å²) in [6.45, 7) is 3.23. The Morgan fingerprint density at radius 3 is 2.15 bits per heavy atom. The number of hydrogen-bond acceptors (Lipinski definition) is 5. The predicted molar refractivity (Wildman–Crippen MR) is 111 cm³/mol. The number of hydrogen-bond donors (Lipinski definition) is 3. The molecule has 1 atom stereocenters. The van der Waals surface area contributed by atoms with Crippen molar-refractivity contribution >= 4 is 0 Å². The standard InChI is InChI=1S/C15H20N4O.C7H8/c16-9-14(20)11-19(17)10-12-4-6-13(7-5-12)15-3-1-2-8-18-15;1-7-5-3-2-4-6-7/h1-8,14,20H,9-11,16-17H2;2-6H,1H3. The number of pyridine rings is 1. The maximum absolute atomic E-state index is 9.44. The first-order valence-corrected chi connectivity index (χ1v) is 8.98. The lowest BCUT2D eigenvalue weighted by Crippen LogP contribution is -2.40. The van der Waals surface area contributed by atoms with E-state index in [1.54, 1.807) is 11.2 Å². The van der Waals surface area contributed by atoms with Crippen LogP contribution in [-0.2, 0) is 6.54 Å². The molecule has 0 saturated carbocycles. The monoisotopic (exact) mass is 364 g/mol. The number of hydrazine groups is 1. The van der Waals surface area contributed by atoms with E-state index < -0.39 is 6.10 Å². The third-order valence-electron chi connectivity index (χ3n) is 3.96. The van der Waals surface area contributed by atoms with Gasteiger partial charge in [0.25, 0.3) is 0 Å². The van der Waals surface area contributed by atoms with E-state index in [1.165, 1.54) is 5.56 Å². The Labute approximate surface area is 161 Å². The molecule has 0 bridgehead atoms. The minimum absolute atomic E-state index is 0.215. The molecule has 1 unspecified atom stereocenters. The van der Waals surface area contributed by atoms with Crippen LogP contribution in [0.15, 0.2) is 79.0 Å². The van der Waals surface area contributed by atoms with Crippen molar-refractivity contribution in [3.63, 3.8) is 0 Å². The van der Waals surface area contributed by atoms with Crippen LogP contribution in [0.3, 0.4) is 0 Å². The summed E-state index contributed by atoms with van der Waals surface area (Å²) in [5.74, 6) is 5.84. The molecule has 3 rings (SSSR count). The number of benzene rings is 2.